The molecule has 0 aromatic heterocycles. The first-order valence-corrected chi connectivity index (χ1v) is 17.4. The summed E-state index contributed by atoms with van der Waals surface area (Å²) >= 11 is 0. The standard InChI is InChI=1S/C49H34O/c1-48(36-17-4-2-5-18-36)43-25-12-13-26-45(43)50-46-30-28-35(32-44(46)48)34-16-14-21-38(31-34)49(37-19-6-3-7-20-37)42-24-11-10-23-40(42)41-29-27-33-15-8-9-22-39(33)47(41)49/h2-32H,1H3. The van der Waals surface area contributed by atoms with Crippen molar-refractivity contribution in [3.8, 4) is 33.8 Å². The van der Waals surface area contributed by atoms with Gasteiger partial charge >= 0.3 is 0 Å². The van der Waals surface area contributed by atoms with E-state index in [1.807, 2.05) is 0 Å². The Labute approximate surface area is 293 Å². The molecule has 1 heterocycles. The molecule has 236 valence electrons. The second-order valence-corrected chi connectivity index (χ2v) is 13.8. The molecule has 1 aliphatic heterocycles. The summed E-state index contributed by atoms with van der Waals surface area (Å²) in [5, 5.41) is 2.55. The number of hydrogen-bond donors (Lipinski definition) is 0. The Balaban J connectivity index is 1.23. The van der Waals surface area contributed by atoms with Crippen LogP contribution in [-0.4, -0.2) is 0 Å². The molecule has 10 rings (SSSR count). The number of fused-ring (bicyclic) bond motifs is 7. The van der Waals surface area contributed by atoms with E-state index in [-0.39, 0.29) is 5.41 Å². The molecular formula is C49H34O. The lowest BCUT2D eigenvalue weighted by atomic mass is 9.66. The Hall–Kier alpha value is -6.18. The highest BCUT2D eigenvalue weighted by molar-refractivity contribution is 6.00. The van der Waals surface area contributed by atoms with E-state index in [4.69, 9.17) is 4.74 Å². The number of para-hydroxylation sites is 1. The van der Waals surface area contributed by atoms with Gasteiger partial charge in [-0.2, -0.15) is 0 Å². The van der Waals surface area contributed by atoms with E-state index in [2.05, 4.69) is 195 Å². The third-order valence-electron chi connectivity index (χ3n) is 11.3. The fraction of sp³-hybridized carbons (Fsp3) is 0.0612. The number of hydrogen-bond acceptors (Lipinski definition) is 1. The monoisotopic (exact) mass is 638 g/mol. The van der Waals surface area contributed by atoms with Gasteiger partial charge in [-0.25, -0.2) is 0 Å². The molecule has 0 saturated carbocycles. The Morgan fingerprint density at radius 2 is 1.04 bits per heavy atom. The minimum Gasteiger partial charge on any atom is -0.457 e. The number of rotatable bonds is 4. The lowest BCUT2D eigenvalue weighted by Crippen LogP contribution is -2.29. The van der Waals surface area contributed by atoms with E-state index < -0.39 is 5.41 Å². The third-order valence-corrected chi connectivity index (χ3v) is 11.3. The Morgan fingerprint density at radius 1 is 0.400 bits per heavy atom. The molecule has 0 radical (unpaired) electrons. The molecule has 8 aromatic rings. The van der Waals surface area contributed by atoms with E-state index >= 15 is 0 Å². The maximum Gasteiger partial charge on any atom is 0.131 e. The van der Waals surface area contributed by atoms with E-state index in [1.54, 1.807) is 0 Å². The molecule has 1 heteroatoms. The molecule has 0 amide bonds. The zero-order chi connectivity index (χ0) is 33.3. The zero-order valence-corrected chi connectivity index (χ0v) is 27.8. The third kappa shape index (κ3) is 3.95. The molecule has 0 saturated heterocycles. The van der Waals surface area contributed by atoms with Crippen molar-refractivity contribution in [3.05, 3.63) is 227 Å². The summed E-state index contributed by atoms with van der Waals surface area (Å²) in [6, 6.07) is 68.8. The average Bonchev–Trinajstić information content (AvgIpc) is 3.50. The quantitative estimate of drug-likeness (QED) is 0.186. The maximum absolute atomic E-state index is 6.58. The van der Waals surface area contributed by atoms with Gasteiger partial charge in [0.25, 0.3) is 0 Å². The normalized spacial score (nSPS) is 18.4. The average molecular weight is 639 g/mol. The van der Waals surface area contributed by atoms with Gasteiger partial charge in [-0.3, -0.25) is 0 Å². The van der Waals surface area contributed by atoms with Crippen LogP contribution in [0.25, 0.3) is 33.0 Å². The first-order chi connectivity index (χ1) is 24.7. The van der Waals surface area contributed by atoms with Crippen molar-refractivity contribution in [2.45, 2.75) is 17.8 Å². The van der Waals surface area contributed by atoms with Gasteiger partial charge in [0.2, 0.25) is 0 Å². The van der Waals surface area contributed by atoms with Crippen LogP contribution in [0.4, 0.5) is 0 Å². The van der Waals surface area contributed by atoms with Gasteiger partial charge in [-0.05, 0) is 92.0 Å². The molecule has 50 heavy (non-hydrogen) atoms. The van der Waals surface area contributed by atoms with Crippen LogP contribution in [0.2, 0.25) is 0 Å². The SMILES string of the molecule is CC1(c2ccccc2)c2ccccc2Oc2ccc(-c3cccc(C4(c5ccccc5)c5ccccc5-c5ccc6ccccc6c54)c3)cc21. The van der Waals surface area contributed by atoms with Crippen molar-refractivity contribution in [1.82, 2.24) is 0 Å². The maximum atomic E-state index is 6.58. The van der Waals surface area contributed by atoms with Crippen LogP contribution in [-0.2, 0) is 10.8 Å². The van der Waals surface area contributed by atoms with Gasteiger partial charge in [-0.1, -0.05) is 164 Å². The van der Waals surface area contributed by atoms with Crippen molar-refractivity contribution in [2.24, 2.45) is 0 Å². The molecule has 1 aliphatic carbocycles. The summed E-state index contributed by atoms with van der Waals surface area (Å²) in [6.07, 6.45) is 0. The largest absolute Gasteiger partial charge is 0.457 e. The van der Waals surface area contributed by atoms with Gasteiger partial charge in [0.05, 0.1) is 5.41 Å². The molecule has 2 unspecified atom stereocenters. The van der Waals surface area contributed by atoms with E-state index in [0.29, 0.717) is 0 Å². The van der Waals surface area contributed by atoms with Gasteiger partial charge in [-0.15, -0.1) is 0 Å². The van der Waals surface area contributed by atoms with Crippen molar-refractivity contribution >= 4 is 10.8 Å². The predicted molar refractivity (Wildman–Crippen MR) is 205 cm³/mol. The lowest BCUT2D eigenvalue weighted by Gasteiger charge is -2.38. The molecule has 2 atom stereocenters. The van der Waals surface area contributed by atoms with Crippen LogP contribution in [0, 0.1) is 0 Å². The smallest absolute Gasteiger partial charge is 0.131 e. The minimum atomic E-state index is -0.501. The van der Waals surface area contributed by atoms with Gasteiger partial charge in [0, 0.05) is 16.5 Å². The van der Waals surface area contributed by atoms with E-state index in [1.165, 1.54) is 72.0 Å². The summed E-state index contributed by atoms with van der Waals surface area (Å²) in [6.45, 7) is 2.34. The van der Waals surface area contributed by atoms with Crippen LogP contribution in [0.1, 0.15) is 45.9 Å². The number of benzene rings is 8. The summed E-state index contributed by atoms with van der Waals surface area (Å²) < 4.78 is 6.58. The van der Waals surface area contributed by atoms with E-state index in [0.717, 1.165) is 11.5 Å². The van der Waals surface area contributed by atoms with Gasteiger partial charge < -0.3 is 4.74 Å². The highest BCUT2D eigenvalue weighted by Gasteiger charge is 2.47. The first kappa shape index (κ1) is 28.8. The van der Waals surface area contributed by atoms with Crippen LogP contribution in [0.5, 0.6) is 11.5 Å². The van der Waals surface area contributed by atoms with Crippen LogP contribution in [0.15, 0.2) is 188 Å². The summed E-state index contributed by atoms with van der Waals surface area (Å²) in [5.41, 5.74) is 12.9. The van der Waals surface area contributed by atoms with Crippen LogP contribution in [0.3, 0.4) is 0 Å². The number of ether oxygens (including phenoxy) is 1. The summed E-state index contributed by atoms with van der Waals surface area (Å²) in [5.74, 6) is 1.82. The molecule has 0 spiro atoms. The predicted octanol–water partition coefficient (Wildman–Crippen LogP) is 12.3. The van der Waals surface area contributed by atoms with E-state index in [9.17, 15) is 0 Å². The summed E-state index contributed by atoms with van der Waals surface area (Å²) in [4.78, 5) is 0. The van der Waals surface area contributed by atoms with Crippen molar-refractivity contribution in [2.75, 3.05) is 0 Å². The highest BCUT2D eigenvalue weighted by atomic mass is 16.5. The lowest BCUT2D eigenvalue weighted by molar-refractivity contribution is 0.427. The molecule has 8 aromatic carbocycles. The fourth-order valence-corrected chi connectivity index (χ4v) is 8.97. The molecular weight excluding hydrogens is 605 g/mol. The molecule has 0 fully saturated rings. The molecule has 0 bridgehead atoms. The summed E-state index contributed by atoms with van der Waals surface area (Å²) in [7, 11) is 0. The highest BCUT2D eigenvalue weighted by Crippen LogP contribution is 2.58. The second kappa shape index (κ2) is 10.9. The first-order valence-electron chi connectivity index (χ1n) is 17.4. The van der Waals surface area contributed by atoms with Crippen molar-refractivity contribution in [3.63, 3.8) is 0 Å². The fourth-order valence-electron chi connectivity index (χ4n) is 8.97. The second-order valence-electron chi connectivity index (χ2n) is 13.8. The van der Waals surface area contributed by atoms with Crippen LogP contribution >= 0.6 is 0 Å². The zero-order valence-electron chi connectivity index (χ0n) is 27.8. The van der Waals surface area contributed by atoms with Crippen molar-refractivity contribution in [1.29, 1.82) is 0 Å². The Kier molecular flexibility index (Phi) is 6.29. The Bertz CT molecular complexity index is 2580. The Morgan fingerprint density at radius 3 is 1.88 bits per heavy atom. The topological polar surface area (TPSA) is 9.23 Å². The molecule has 2 aliphatic rings. The molecule has 1 nitrogen and oxygen atoms in total. The van der Waals surface area contributed by atoms with Gasteiger partial charge in [0.15, 0.2) is 0 Å². The van der Waals surface area contributed by atoms with Crippen LogP contribution < -0.4 is 4.74 Å². The van der Waals surface area contributed by atoms with Gasteiger partial charge in [0.1, 0.15) is 11.5 Å². The van der Waals surface area contributed by atoms with Crippen molar-refractivity contribution < 1.29 is 4.74 Å². The molecule has 0 N–H and O–H groups in total. The minimum absolute atomic E-state index is 0.382.